The van der Waals surface area contributed by atoms with Gasteiger partial charge in [0.15, 0.2) is 0 Å². The number of benzene rings is 3. The molecule has 1 amide bonds. The smallest absolute Gasteiger partial charge is 0.269 e. The molecule has 0 fully saturated rings. The highest BCUT2D eigenvalue weighted by molar-refractivity contribution is 14.1. The minimum absolute atomic E-state index is 0.203. The van der Waals surface area contributed by atoms with Gasteiger partial charge in [0, 0.05) is 16.2 Å². The Kier molecular flexibility index (Phi) is 6.88. The molecule has 0 heterocycles. The van der Waals surface area contributed by atoms with E-state index in [1.807, 2.05) is 31.2 Å². The van der Waals surface area contributed by atoms with Gasteiger partial charge in [0.1, 0.15) is 0 Å². The van der Waals surface area contributed by atoms with Crippen LogP contribution in [0.2, 0.25) is 0 Å². The van der Waals surface area contributed by atoms with Crippen molar-refractivity contribution >= 4 is 49.9 Å². The maximum absolute atomic E-state index is 12.7. The van der Waals surface area contributed by atoms with Crippen LogP contribution < -0.4 is 9.73 Å². The Bertz CT molecular complexity index is 1160. The molecule has 0 saturated heterocycles. The maximum Gasteiger partial charge on any atom is 0.271 e. The second-order valence-corrected chi connectivity index (χ2v) is 9.69. The van der Waals surface area contributed by atoms with E-state index in [0.29, 0.717) is 17.0 Å². The molecule has 0 unspecified atom stereocenters. The fraction of sp³-hybridized carbons (Fsp3) is 0.0909. The Morgan fingerprint density at radius 1 is 0.900 bits per heavy atom. The predicted octanol–water partition coefficient (Wildman–Crippen LogP) is 4.27. The van der Waals surface area contributed by atoms with Crippen molar-refractivity contribution in [2.75, 3.05) is 11.4 Å². The Balaban J connectivity index is 1.71. The van der Waals surface area contributed by atoms with Crippen LogP contribution >= 0.6 is 22.6 Å². The molecule has 6 nitrogen and oxygen atoms in total. The van der Waals surface area contributed by atoms with Crippen molar-refractivity contribution in [2.24, 2.45) is 5.10 Å². The van der Waals surface area contributed by atoms with Crippen molar-refractivity contribution < 1.29 is 13.2 Å². The molecular weight excluding hydrogens is 513 g/mol. The molecule has 0 saturated carbocycles. The first kappa shape index (κ1) is 22.0. The van der Waals surface area contributed by atoms with Crippen LogP contribution in [0.15, 0.2) is 88.9 Å². The molecule has 3 aromatic rings. The van der Waals surface area contributed by atoms with Gasteiger partial charge in [-0.05, 0) is 83.6 Å². The van der Waals surface area contributed by atoms with Crippen LogP contribution in [-0.2, 0) is 10.0 Å². The molecule has 3 aromatic carbocycles. The maximum atomic E-state index is 12.7. The van der Waals surface area contributed by atoms with E-state index in [9.17, 15) is 13.2 Å². The van der Waals surface area contributed by atoms with Gasteiger partial charge in [-0.1, -0.05) is 30.3 Å². The number of rotatable bonds is 6. The third-order valence-corrected chi connectivity index (χ3v) is 7.00. The summed E-state index contributed by atoms with van der Waals surface area (Å²) in [5.74, 6) is -0.375. The monoisotopic (exact) mass is 533 g/mol. The molecule has 154 valence electrons. The normalized spacial score (nSPS) is 11.8. The molecule has 8 heteroatoms. The van der Waals surface area contributed by atoms with Gasteiger partial charge in [0.05, 0.1) is 16.3 Å². The number of amides is 1. The zero-order valence-corrected chi connectivity index (χ0v) is 19.4. The quantitative estimate of drug-likeness (QED) is 0.292. The summed E-state index contributed by atoms with van der Waals surface area (Å²) in [6, 6.07) is 22.3. The Labute approximate surface area is 189 Å². The summed E-state index contributed by atoms with van der Waals surface area (Å²) >= 11 is 2.22. The van der Waals surface area contributed by atoms with Gasteiger partial charge < -0.3 is 0 Å². The molecule has 0 bridgehead atoms. The lowest BCUT2D eigenvalue weighted by atomic mass is 10.1. The zero-order valence-electron chi connectivity index (χ0n) is 16.4. The number of halogens is 1. The largest absolute Gasteiger partial charge is 0.271 e. The van der Waals surface area contributed by atoms with Crippen LogP contribution in [0.5, 0.6) is 0 Å². The van der Waals surface area contributed by atoms with Gasteiger partial charge in [-0.25, -0.2) is 13.8 Å². The van der Waals surface area contributed by atoms with E-state index in [-0.39, 0.29) is 10.8 Å². The molecule has 0 atom stereocenters. The third kappa shape index (κ3) is 5.06. The van der Waals surface area contributed by atoms with Gasteiger partial charge >= 0.3 is 0 Å². The number of carbonyl (C=O) groups is 1. The number of nitrogens with one attached hydrogen (secondary N) is 1. The Morgan fingerprint density at radius 3 is 2.07 bits per heavy atom. The minimum atomic E-state index is -3.67. The fourth-order valence-electron chi connectivity index (χ4n) is 2.67. The van der Waals surface area contributed by atoms with Crippen LogP contribution in [0.3, 0.4) is 0 Å². The molecule has 0 aliphatic carbocycles. The molecule has 0 aliphatic rings. The minimum Gasteiger partial charge on any atom is -0.269 e. The van der Waals surface area contributed by atoms with E-state index in [4.69, 9.17) is 0 Å². The summed E-state index contributed by atoms with van der Waals surface area (Å²) in [6.45, 7) is 1.81. The zero-order chi connectivity index (χ0) is 21.7. The van der Waals surface area contributed by atoms with Crippen molar-refractivity contribution in [3.8, 4) is 0 Å². The summed E-state index contributed by atoms with van der Waals surface area (Å²) in [5.41, 5.74) is 4.96. The van der Waals surface area contributed by atoms with Crippen LogP contribution in [0.1, 0.15) is 22.8 Å². The second kappa shape index (κ2) is 9.40. The van der Waals surface area contributed by atoms with E-state index in [1.54, 1.807) is 54.6 Å². The molecule has 0 spiro atoms. The van der Waals surface area contributed by atoms with Crippen LogP contribution in [-0.4, -0.2) is 27.1 Å². The average molecular weight is 533 g/mol. The van der Waals surface area contributed by atoms with E-state index >= 15 is 0 Å². The Hall–Kier alpha value is -2.72. The number of anilines is 1. The topological polar surface area (TPSA) is 78.8 Å². The highest BCUT2D eigenvalue weighted by Gasteiger charge is 2.21. The van der Waals surface area contributed by atoms with E-state index < -0.39 is 10.0 Å². The highest BCUT2D eigenvalue weighted by atomic mass is 127. The van der Waals surface area contributed by atoms with Crippen molar-refractivity contribution in [1.82, 2.24) is 5.43 Å². The standard InChI is InChI=1S/C22H20IN3O3S/c1-16(17-8-12-19(23)13-9-17)24-25-22(27)18-10-14-20(15-11-18)26(2)30(28,29)21-6-4-3-5-7-21/h3-15H,1-2H3,(H,25,27)/b24-16+. The summed E-state index contributed by atoms with van der Waals surface area (Å²) in [4.78, 5) is 12.6. The van der Waals surface area contributed by atoms with Crippen molar-refractivity contribution in [1.29, 1.82) is 0 Å². The molecule has 0 radical (unpaired) electrons. The second-order valence-electron chi connectivity index (χ2n) is 6.48. The number of nitrogens with zero attached hydrogens (tertiary/aromatic N) is 2. The SMILES string of the molecule is C/C(=N\NC(=O)c1ccc(N(C)S(=O)(=O)c2ccccc2)cc1)c1ccc(I)cc1. The van der Waals surface area contributed by atoms with Crippen LogP contribution in [0, 0.1) is 3.57 Å². The first-order chi connectivity index (χ1) is 14.3. The molecule has 30 heavy (non-hydrogen) atoms. The number of carbonyl (C=O) groups excluding carboxylic acids is 1. The molecule has 0 aliphatic heterocycles. The third-order valence-electron chi connectivity index (χ3n) is 4.48. The average Bonchev–Trinajstić information content (AvgIpc) is 2.78. The first-order valence-corrected chi connectivity index (χ1v) is 11.6. The summed E-state index contributed by atoms with van der Waals surface area (Å²) in [6.07, 6.45) is 0. The van der Waals surface area contributed by atoms with E-state index in [2.05, 4.69) is 33.1 Å². The predicted molar refractivity (Wildman–Crippen MR) is 127 cm³/mol. The number of sulfonamides is 1. The molecule has 1 N–H and O–H groups in total. The lowest BCUT2D eigenvalue weighted by Crippen LogP contribution is -2.26. The molecular formula is C22H20IN3O3S. The molecule has 0 aromatic heterocycles. The van der Waals surface area contributed by atoms with Gasteiger partial charge in [-0.3, -0.25) is 9.10 Å². The number of hydrogen-bond acceptors (Lipinski definition) is 4. The Morgan fingerprint density at radius 2 is 1.47 bits per heavy atom. The lowest BCUT2D eigenvalue weighted by Gasteiger charge is -2.19. The van der Waals surface area contributed by atoms with Crippen molar-refractivity contribution in [3.63, 3.8) is 0 Å². The van der Waals surface area contributed by atoms with Gasteiger partial charge in [-0.15, -0.1) is 0 Å². The highest BCUT2D eigenvalue weighted by Crippen LogP contribution is 2.22. The van der Waals surface area contributed by atoms with Gasteiger partial charge in [0.25, 0.3) is 15.9 Å². The van der Waals surface area contributed by atoms with E-state index in [1.165, 1.54) is 11.4 Å². The summed E-state index contributed by atoms with van der Waals surface area (Å²) in [7, 11) is -2.19. The summed E-state index contributed by atoms with van der Waals surface area (Å²) < 4.78 is 27.7. The fourth-order valence-corrected chi connectivity index (χ4v) is 4.24. The lowest BCUT2D eigenvalue weighted by molar-refractivity contribution is 0.0955. The van der Waals surface area contributed by atoms with Crippen molar-refractivity contribution in [3.05, 3.63) is 93.6 Å². The van der Waals surface area contributed by atoms with Crippen LogP contribution in [0.4, 0.5) is 5.69 Å². The van der Waals surface area contributed by atoms with Gasteiger partial charge in [0.2, 0.25) is 0 Å². The van der Waals surface area contributed by atoms with Crippen LogP contribution in [0.25, 0.3) is 0 Å². The number of hydrogen-bond donors (Lipinski definition) is 1. The number of hydrazone groups is 1. The van der Waals surface area contributed by atoms with Gasteiger partial charge in [-0.2, -0.15) is 5.10 Å². The van der Waals surface area contributed by atoms with E-state index in [0.717, 1.165) is 9.13 Å². The van der Waals surface area contributed by atoms with Crippen molar-refractivity contribution in [2.45, 2.75) is 11.8 Å². The summed E-state index contributed by atoms with van der Waals surface area (Å²) in [5, 5.41) is 4.15. The molecule has 3 rings (SSSR count). The first-order valence-electron chi connectivity index (χ1n) is 9.03.